The first-order valence-corrected chi connectivity index (χ1v) is 16.9. The molecule has 3 aromatic rings. The molecule has 3 nitrogen and oxygen atoms in total. The molecule has 0 aliphatic carbocycles. The molecule has 0 aliphatic rings. The van der Waals surface area contributed by atoms with Crippen molar-refractivity contribution in [1.82, 2.24) is 0 Å². The van der Waals surface area contributed by atoms with Gasteiger partial charge in [-0.15, -0.1) is 18.0 Å². The van der Waals surface area contributed by atoms with E-state index in [4.69, 9.17) is 28.6 Å². The van der Waals surface area contributed by atoms with Crippen LogP contribution in [0.1, 0.15) is 13.8 Å². The number of allylic oxidation sites excluding steroid dienone is 2. The van der Waals surface area contributed by atoms with Gasteiger partial charge in [0.15, 0.2) is 5.78 Å². The second-order valence-electron chi connectivity index (χ2n) is 6.10. The monoisotopic (exact) mass is 594 g/mol. The maximum atomic E-state index is 9.98. The standard InChI is InChI=1S/C6H7OPS3.2C6H5.C5H8O2.Sn/c9-8(10,11)7-6-4-2-1-3-5-6;2*1-2-4-6-5-3-1;1-4(6)3-5(2)7;/h1-5H,(H2,9,10,11);2*1-5H;3,6H,1-2H3;/q;;;;+2/p-2/b;;;4-3+;. The SMILES string of the molecule is CC(=O)/C=C(\C)[O-].S=P([S-])(S)Oc1ccccc1.c1cc[c]([Sn+2][c]2ccccc2)cc1. The van der Waals surface area contributed by atoms with Gasteiger partial charge in [0.1, 0.15) is 5.75 Å². The van der Waals surface area contributed by atoms with E-state index < -0.39 is 25.8 Å². The Hall–Kier alpha value is -1.18. The van der Waals surface area contributed by atoms with Gasteiger partial charge in [-0.2, -0.15) is 0 Å². The number of carbonyl (C=O) groups excluding carboxylic acids is 1. The van der Waals surface area contributed by atoms with Crippen molar-refractivity contribution in [2.24, 2.45) is 0 Å². The predicted molar refractivity (Wildman–Crippen MR) is 140 cm³/mol. The second-order valence-corrected chi connectivity index (χ2v) is 18.3. The van der Waals surface area contributed by atoms with E-state index in [-0.39, 0.29) is 11.5 Å². The van der Waals surface area contributed by atoms with Crippen molar-refractivity contribution in [2.75, 3.05) is 0 Å². The molecule has 0 fully saturated rings. The molecule has 160 valence electrons. The summed E-state index contributed by atoms with van der Waals surface area (Å²) in [6.45, 7) is 2.70. The number of ketones is 1. The van der Waals surface area contributed by atoms with Gasteiger partial charge in [0.05, 0.1) is 0 Å². The zero-order chi connectivity index (χ0) is 23.1. The fraction of sp³-hybridized carbons (Fsp3) is 0.0870. The van der Waals surface area contributed by atoms with Gasteiger partial charge in [0.25, 0.3) is 0 Å². The van der Waals surface area contributed by atoms with Gasteiger partial charge in [0, 0.05) is 4.67 Å². The van der Waals surface area contributed by atoms with Gasteiger partial charge in [-0.05, 0) is 25.1 Å². The Morgan fingerprint density at radius 2 is 1.32 bits per heavy atom. The number of hydrogen-bond acceptors (Lipinski definition) is 5. The predicted octanol–water partition coefficient (Wildman–Crippen LogP) is 3.95. The van der Waals surface area contributed by atoms with Crippen molar-refractivity contribution in [3.05, 3.63) is 103 Å². The summed E-state index contributed by atoms with van der Waals surface area (Å²) in [4.78, 5) is 9.98. The molecular formula is C23H23O3PS3Sn. The molecule has 0 aromatic heterocycles. The van der Waals surface area contributed by atoms with Crippen LogP contribution >= 0.6 is 16.9 Å². The fourth-order valence-corrected chi connectivity index (χ4v) is 6.30. The first kappa shape index (κ1) is 27.9. The Labute approximate surface area is 210 Å². The Kier molecular flexibility index (Phi) is 14.0. The van der Waals surface area contributed by atoms with Gasteiger partial charge in [0.2, 0.25) is 0 Å². The molecule has 0 radical (unpaired) electrons. The van der Waals surface area contributed by atoms with Crippen LogP contribution in [0.25, 0.3) is 0 Å². The summed E-state index contributed by atoms with van der Waals surface area (Å²) < 4.78 is 6.01. The van der Waals surface area contributed by atoms with E-state index in [9.17, 15) is 9.90 Å². The Morgan fingerprint density at radius 3 is 1.61 bits per heavy atom. The van der Waals surface area contributed by atoms with Crippen molar-refractivity contribution < 1.29 is 14.4 Å². The van der Waals surface area contributed by atoms with Gasteiger partial charge in [-0.3, -0.25) is 4.79 Å². The molecule has 1 unspecified atom stereocenters. The number of carbonyl (C=O) groups is 1. The molecule has 0 aliphatic heterocycles. The topological polar surface area (TPSA) is 49.4 Å². The van der Waals surface area contributed by atoms with Crippen LogP contribution in [-0.2, 0) is 28.9 Å². The summed E-state index contributed by atoms with van der Waals surface area (Å²) in [6, 6.07) is 30.8. The average Bonchev–Trinajstić information content (AvgIpc) is 2.69. The molecule has 0 saturated carbocycles. The molecule has 1 atom stereocenters. The third kappa shape index (κ3) is 16.2. The molecule has 0 spiro atoms. The number of benzene rings is 3. The molecule has 31 heavy (non-hydrogen) atoms. The van der Waals surface area contributed by atoms with Crippen LogP contribution in [0.2, 0.25) is 0 Å². The zero-order valence-corrected chi connectivity index (χ0v) is 23.4. The third-order valence-corrected chi connectivity index (χ3v) is 7.89. The van der Waals surface area contributed by atoms with Gasteiger partial charge >= 0.3 is 89.0 Å². The summed E-state index contributed by atoms with van der Waals surface area (Å²) >= 11 is 13.1. The van der Waals surface area contributed by atoms with E-state index in [2.05, 4.69) is 72.9 Å². The Morgan fingerprint density at radius 1 is 0.935 bits per heavy atom. The van der Waals surface area contributed by atoms with Crippen molar-refractivity contribution >= 4 is 75.1 Å². The van der Waals surface area contributed by atoms with E-state index in [0.717, 1.165) is 6.08 Å². The molecule has 8 heteroatoms. The Balaban J connectivity index is 0.000000245. The molecule has 0 bridgehead atoms. The first-order valence-electron chi connectivity index (χ1n) is 9.17. The molecule has 0 N–H and O–H groups in total. The normalized spacial score (nSPS) is 11.9. The first-order chi connectivity index (χ1) is 14.7. The summed E-state index contributed by atoms with van der Waals surface area (Å²) in [5.74, 6) is 0.320. The fourth-order valence-electron chi connectivity index (χ4n) is 2.11. The van der Waals surface area contributed by atoms with Crippen LogP contribution < -0.4 is 16.8 Å². The van der Waals surface area contributed by atoms with Gasteiger partial charge < -0.3 is 21.9 Å². The van der Waals surface area contributed by atoms with Crippen LogP contribution in [0.5, 0.6) is 5.75 Å². The second kappa shape index (κ2) is 15.6. The van der Waals surface area contributed by atoms with Crippen LogP contribution in [0, 0.1) is 0 Å². The third-order valence-electron chi connectivity index (χ3n) is 3.21. The van der Waals surface area contributed by atoms with Crippen LogP contribution in [-0.4, -0.2) is 26.9 Å². The molecule has 3 aromatic carbocycles. The number of para-hydroxylation sites is 1. The maximum absolute atomic E-state index is 9.98. The number of thiol groups is 1. The van der Waals surface area contributed by atoms with E-state index >= 15 is 0 Å². The van der Waals surface area contributed by atoms with Crippen LogP contribution in [0.4, 0.5) is 0 Å². The van der Waals surface area contributed by atoms with Crippen LogP contribution in [0.3, 0.4) is 0 Å². The summed E-state index contributed by atoms with van der Waals surface area (Å²) in [5, 5.41) is 9.98. The minimum absolute atomic E-state index is 0.187. The zero-order valence-electron chi connectivity index (χ0n) is 17.2. The number of hydrogen-bond donors (Lipinski definition) is 1. The Bertz CT molecular complexity index is 937. The summed E-state index contributed by atoms with van der Waals surface area (Å²) in [6.07, 6.45) is 1.06. The van der Waals surface area contributed by atoms with E-state index in [1.807, 2.05) is 30.3 Å². The summed E-state index contributed by atoms with van der Waals surface area (Å²) in [5.41, 5.74) is 0. The van der Waals surface area contributed by atoms with Crippen molar-refractivity contribution in [2.45, 2.75) is 13.8 Å². The van der Waals surface area contributed by atoms with E-state index in [1.54, 1.807) is 0 Å². The average molecular weight is 593 g/mol. The molecule has 3 rings (SSSR count). The van der Waals surface area contributed by atoms with E-state index in [1.165, 1.54) is 21.0 Å². The molecule has 0 saturated heterocycles. The number of rotatable bonds is 5. The van der Waals surface area contributed by atoms with Crippen molar-refractivity contribution in [3.8, 4) is 5.75 Å². The van der Waals surface area contributed by atoms with Crippen molar-refractivity contribution in [3.63, 3.8) is 0 Å². The molecule has 0 amide bonds. The van der Waals surface area contributed by atoms with Gasteiger partial charge in [-0.25, -0.2) is 0 Å². The molecule has 0 heterocycles. The van der Waals surface area contributed by atoms with Crippen molar-refractivity contribution in [1.29, 1.82) is 0 Å². The quantitative estimate of drug-likeness (QED) is 0.121. The van der Waals surface area contributed by atoms with E-state index in [0.29, 0.717) is 5.75 Å². The summed E-state index contributed by atoms with van der Waals surface area (Å²) in [7, 11) is 0. The van der Waals surface area contributed by atoms with Crippen LogP contribution in [0.15, 0.2) is 103 Å². The molecular weight excluding hydrogens is 570 g/mol. The van der Waals surface area contributed by atoms with Gasteiger partial charge in [-0.1, -0.05) is 36.9 Å². The minimum atomic E-state index is -2.28.